The van der Waals surface area contributed by atoms with Crippen molar-refractivity contribution in [1.82, 2.24) is 14.1 Å². The molecule has 1 aromatic carbocycles. The van der Waals surface area contributed by atoms with Crippen molar-refractivity contribution in [3.8, 4) is 11.6 Å². The van der Waals surface area contributed by atoms with E-state index in [0.29, 0.717) is 47.4 Å². The lowest BCUT2D eigenvalue weighted by molar-refractivity contribution is -0.144. The third kappa shape index (κ3) is 8.48. The second-order valence-electron chi connectivity index (χ2n) is 7.82. The van der Waals surface area contributed by atoms with Crippen molar-refractivity contribution in [3.63, 3.8) is 0 Å². The third-order valence-corrected chi connectivity index (χ3v) is 6.04. The molecule has 3 rings (SSSR count). The van der Waals surface area contributed by atoms with Crippen LogP contribution >= 0.6 is 29.3 Å². The summed E-state index contributed by atoms with van der Waals surface area (Å²) in [4.78, 5) is 16.3. The van der Waals surface area contributed by atoms with Gasteiger partial charge >= 0.3 is 11.9 Å². The van der Waals surface area contributed by atoms with Gasteiger partial charge in [0, 0.05) is 30.9 Å². The van der Waals surface area contributed by atoms with Crippen LogP contribution in [0.15, 0.2) is 41.3 Å². The van der Waals surface area contributed by atoms with E-state index in [1.54, 1.807) is 20.2 Å². The summed E-state index contributed by atoms with van der Waals surface area (Å²) in [6.07, 6.45) is -3.01. The van der Waals surface area contributed by atoms with Gasteiger partial charge in [0.2, 0.25) is 5.88 Å². The van der Waals surface area contributed by atoms with Gasteiger partial charge in [0.05, 0.1) is 24.0 Å². The SMILES string of the molecule is COCCOC(=P)COc1ncccc1C.Cc1cc(-n2c(=P)cc(C(F)(F)F)n(C)c2=O)c(F)cc1Cl. The van der Waals surface area contributed by atoms with E-state index in [1.807, 2.05) is 19.1 Å². The van der Waals surface area contributed by atoms with Crippen LogP contribution in [-0.2, 0) is 22.7 Å². The number of rotatable bonds is 8. The highest BCUT2D eigenvalue weighted by Gasteiger charge is 2.34. The molecule has 0 N–H and O–H groups in total. The van der Waals surface area contributed by atoms with Crippen LogP contribution in [0.4, 0.5) is 17.6 Å². The van der Waals surface area contributed by atoms with Gasteiger partial charge in [-0.3, -0.25) is 9.13 Å². The van der Waals surface area contributed by atoms with Crippen LogP contribution < -0.4 is 10.4 Å². The molecular weight excluding hydrogens is 568 g/mol. The van der Waals surface area contributed by atoms with E-state index in [4.69, 9.17) is 25.8 Å². The minimum absolute atomic E-state index is 0.154. The summed E-state index contributed by atoms with van der Waals surface area (Å²) in [7, 11) is 8.87. The number of alkyl halides is 3. The number of benzene rings is 1. The molecule has 0 saturated heterocycles. The summed E-state index contributed by atoms with van der Waals surface area (Å²) in [6, 6.07) is 6.82. The van der Waals surface area contributed by atoms with E-state index >= 15 is 0 Å². The Balaban J connectivity index is 0.000000281. The molecule has 206 valence electrons. The molecule has 0 fully saturated rings. The summed E-state index contributed by atoms with van der Waals surface area (Å²) in [6.45, 7) is 4.92. The number of ether oxygens (including phenoxy) is 3. The van der Waals surface area contributed by atoms with Crippen molar-refractivity contribution in [3.05, 3.63) is 79.7 Å². The second kappa shape index (κ2) is 14.0. The maximum atomic E-state index is 14.0. The molecule has 0 unspecified atom stereocenters. The fourth-order valence-corrected chi connectivity index (χ4v) is 3.69. The quantitative estimate of drug-likeness (QED) is 0.191. The number of pyridine rings is 1. The van der Waals surface area contributed by atoms with E-state index in [0.717, 1.165) is 23.2 Å². The third-order valence-electron chi connectivity index (χ3n) is 4.98. The highest BCUT2D eigenvalue weighted by molar-refractivity contribution is 7.20. The lowest BCUT2D eigenvalue weighted by Gasteiger charge is -2.16. The minimum Gasteiger partial charge on any atom is -0.470 e. The van der Waals surface area contributed by atoms with Crippen LogP contribution in [0, 0.1) is 24.7 Å². The van der Waals surface area contributed by atoms with E-state index in [9.17, 15) is 22.4 Å². The van der Waals surface area contributed by atoms with Crippen molar-refractivity contribution in [2.75, 3.05) is 26.9 Å². The van der Waals surface area contributed by atoms with Gasteiger partial charge in [-0.1, -0.05) is 35.4 Å². The molecule has 14 heteroatoms. The number of aromatic nitrogens is 3. The Morgan fingerprint density at radius 1 is 1.16 bits per heavy atom. The van der Waals surface area contributed by atoms with Gasteiger partial charge < -0.3 is 14.2 Å². The van der Waals surface area contributed by atoms with E-state index < -0.39 is 23.4 Å². The number of aryl methyl sites for hydroxylation is 2. The lowest BCUT2D eigenvalue weighted by atomic mass is 10.2. The molecule has 3 aromatic rings. The molecule has 0 saturated carbocycles. The van der Waals surface area contributed by atoms with Crippen LogP contribution in [0.25, 0.3) is 5.69 Å². The summed E-state index contributed by atoms with van der Waals surface area (Å²) < 4.78 is 69.4. The Morgan fingerprint density at radius 3 is 2.45 bits per heavy atom. The Kier molecular flexibility index (Phi) is 11.7. The van der Waals surface area contributed by atoms with Crippen LogP contribution in [-0.4, -0.2) is 46.5 Å². The summed E-state index contributed by atoms with van der Waals surface area (Å²) >= 11 is 5.78. The molecule has 7 nitrogen and oxygen atoms in total. The van der Waals surface area contributed by atoms with Gasteiger partial charge in [0.1, 0.15) is 23.6 Å². The Hall–Kier alpha value is -2.55. The van der Waals surface area contributed by atoms with Gasteiger partial charge in [-0.25, -0.2) is 14.2 Å². The molecule has 38 heavy (non-hydrogen) atoms. The number of hydrogen-bond acceptors (Lipinski definition) is 5. The van der Waals surface area contributed by atoms with Crippen LogP contribution in [0.5, 0.6) is 5.88 Å². The summed E-state index contributed by atoms with van der Waals surface area (Å²) in [5, 5.41) is -0.0721. The molecule has 0 radical (unpaired) electrons. The highest BCUT2D eigenvalue weighted by Crippen LogP contribution is 2.29. The number of nitrogens with zero attached hydrogens (tertiary/aromatic N) is 3. The van der Waals surface area contributed by atoms with Gasteiger partial charge in [-0.15, -0.1) is 0 Å². The molecule has 0 amide bonds. The first-order valence-electron chi connectivity index (χ1n) is 10.9. The van der Waals surface area contributed by atoms with Crippen LogP contribution in [0.1, 0.15) is 16.8 Å². The zero-order valence-electron chi connectivity index (χ0n) is 20.9. The maximum absolute atomic E-state index is 14.0. The first-order chi connectivity index (χ1) is 17.8. The Labute approximate surface area is 226 Å². The molecule has 0 aliphatic rings. The fourth-order valence-electron chi connectivity index (χ4n) is 3.01. The average Bonchev–Trinajstić information content (AvgIpc) is 2.84. The van der Waals surface area contributed by atoms with Crippen LogP contribution in [0.3, 0.4) is 0 Å². The standard InChI is InChI=1S/C13H10ClF4N2OP.C11H16NO3P/c1-6-3-9(8(15)4-7(6)14)20-11(22)5-10(13(16,17)18)19(2)12(20)21;1-9-4-3-5-12-11(9)15-8-10(16)14-7-6-13-2/h3-5,22H,1-2H3;3-5,16H,6-8H2,1-2H3. The molecule has 0 spiro atoms. The number of hydrogen-bond donors (Lipinski definition) is 0. The largest absolute Gasteiger partial charge is 0.470 e. The van der Waals surface area contributed by atoms with E-state index in [2.05, 4.69) is 22.7 Å². The van der Waals surface area contributed by atoms with Gasteiger partial charge in [0.15, 0.2) is 0 Å². The molecule has 0 aliphatic carbocycles. The molecule has 2 heterocycles. The predicted molar refractivity (Wildman–Crippen MR) is 143 cm³/mol. The predicted octanol–water partition coefficient (Wildman–Crippen LogP) is 5.68. The highest BCUT2D eigenvalue weighted by atomic mass is 35.5. The normalized spacial score (nSPS) is 11.1. The average molecular weight is 594 g/mol. The lowest BCUT2D eigenvalue weighted by Crippen LogP contribution is -2.33. The van der Waals surface area contributed by atoms with E-state index in [-0.39, 0.29) is 15.8 Å². The monoisotopic (exact) mass is 593 g/mol. The summed E-state index contributed by atoms with van der Waals surface area (Å²) in [5.41, 5.74) is -0.272. The summed E-state index contributed by atoms with van der Waals surface area (Å²) in [5.74, 6) is -0.203. The Bertz CT molecular complexity index is 1410. The number of methoxy groups -OCH3 is 1. The Morgan fingerprint density at radius 2 is 1.84 bits per heavy atom. The minimum atomic E-state index is -4.71. The topological polar surface area (TPSA) is 67.5 Å². The molecule has 0 aliphatic heterocycles. The zero-order chi connectivity index (χ0) is 28.6. The molecule has 0 atom stereocenters. The first-order valence-corrected chi connectivity index (χ1v) is 12.3. The van der Waals surface area contributed by atoms with Crippen molar-refractivity contribution in [2.24, 2.45) is 7.05 Å². The first kappa shape index (κ1) is 31.7. The van der Waals surface area contributed by atoms with Crippen molar-refractivity contribution in [2.45, 2.75) is 20.0 Å². The number of halogens is 5. The van der Waals surface area contributed by atoms with Crippen molar-refractivity contribution < 1.29 is 31.8 Å². The van der Waals surface area contributed by atoms with Gasteiger partial charge in [-0.05, 0) is 43.7 Å². The van der Waals surface area contributed by atoms with E-state index in [1.165, 1.54) is 6.07 Å². The second-order valence-corrected chi connectivity index (χ2v) is 9.30. The van der Waals surface area contributed by atoms with Gasteiger partial charge in [-0.2, -0.15) is 13.2 Å². The smallest absolute Gasteiger partial charge is 0.431 e. The molecule has 2 aromatic heterocycles. The van der Waals surface area contributed by atoms with Crippen molar-refractivity contribution in [1.29, 1.82) is 0 Å². The fraction of sp³-hybridized carbons (Fsp3) is 0.333. The molecular formula is C24H26ClF4N3O4P2. The van der Waals surface area contributed by atoms with Crippen LogP contribution in [0.2, 0.25) is 5.02 Å². The molecule has 0 bridgehead atoms. The zero-order valence-corrected chi connectivity index (χ0v) is 23.7. The van der Waals surface area contributed by atoms with Gasteiger partial charge in [0.25, 0.3) is 0 Å². The van der Waals surface area contributed by atoms with Crippen molar-refractivity contribution >= 4 is 34.8 Å². The maximum Gasteiger partial charge on any atom is 0.431 e.